The van der Waals surface area contributed by atoms with Crippen LogP contribution in [0.5, 0.6) is 0 Å². The molecule has 0 fully saturated rings. The van der Waals surface area contributed by atoms with Crippen LogP contribution in [0.15, 0.2) is 54.7 Å². The Balaban J connectivity index is 1.54. The van der Waals surface area contributed by atoms with E-state index in [0.29, 0.717) is 5.95 Å². The maximum Gasteiger partial charge on any atom is 0.249 e. The van der Waals surface area contributed by atoms with Crippen molar-refractivity contribution in [2.75, 3.05) is 16.8 Å². The zero-order valence-corrected chi connectivity index (χ0v) is 13.0. The highest BCUT2D eigenvalue weighted by Crippen LogP contribution is 2.23. The van der Waals surface area contributed by atoms with Crippen molar-refractivity contribution < 1.29 is 4.39 Å². The standard InChI is InChI=1S/C18H16FN5/c19-15-5-7-16(8-6-15)21-18-22-17(11-20-23-18)24-10-9-13-3-1-2-4-14(13)12-24/h1-8,11H,9-10,12H2,(H,21,22,23). The van der Waals surface area contributed by atoms with Crippen LogP contribution in [0.2, 0.25) is 0 Å². The Bertz CT molecular complexity index is 850. The number of hydrogen-bond donors (Lipinski definition) is 1. The molecule has 120 valence electrons. The van der Waals surface area contributed by atoms with Gasteiger partial charge in [0.15, 0.2) is 5.82 Å². The zero-order chi connectivity index (χ0) is 16.4. The normalized spacial score (nSPS) is 13.5. The molecule has 1 aromatic heterocycles. The van der Waals surface area contributed by atoms with Crippen LogP contribution in [-0.4, -0.2) is 21.7 Å². The van der Waals surface area contributed by atoms with E-state index < -0.39 is 0 Å². The van der Waals surface area contributed by atoms with Crippen molar-refractivity contribution in [3.8, 4) is 0 Å². The second-order valence-corrected chi connectivity index (χ2v) is 5.71. The largest absolute Gasteiger partial charge is 0.350 e. The molecule has 3 aromatic rings. The van der Waals surface area contributed by atoms with Gasteiger partial charge in [0.25, 0.3) is 0 Å². The van der Waals surface area contributed by atoms with Crippen molar-refractivity contribution in [2.24, 2.45) is 0 Å². The van der Waals surface area contributed by atoms with Crippen LogP contribution in [0.4, 0.5) is 21.8 Å². The number of halogens is 1. The van der Waals surface area contributed by atoms with Gasteiger partial charge in [0, 0.05) is 18.8 Å². The second-order valence-electron chi connectivity index (χ2n) is 5.71. The third-order valence-electron chi connectivity index (χ3n) is 4.10. The Morgan fingerprint density at radius 2 is 1.79 bits per heavy atom. The van der Waals surface area contributed by atoms with Gasteiger partial charge in [0.1, 0.15) is 5.82 Å². The molecule has 0 spiro atoms. The zero-order valence-electron chi connectivity index (χ0n) is 13.0. The molecule has 0 aliphatic carbocycles. The molecule has 0 atom stereocenters. The average molecular weight is 321 g/mol. The van der Waals surface area contributed by atoms with E-state index in [1.54, 1.807) is 18.3 Å². The van der Waals surface area contributed by atoms with Gasteiger partial charge in [-0.1, -0.05) is 24.3 Å². The van der Waals surface area contributed by atoms with Crippen LogP contribution in [0.3, 0.4) is 0 Å². The van der Waals surface area contributed by atoms with Crippen molar-refractivity contribution >= 4 is 17.5 Å². The minimum atomic E-state index is -0.277. The predicted octanol–water partition coefficient (Wildman–Crippen LogP) is 3.32. The summed E-state index contributed by atoms with van der Waals surface area (Å²) in [4.78, 5) is 6.72. The number of benzene rings is 2. The molecule has 0 saturated heterocycles. The molecule has 0 amide bonds. The molecular weight excluding hydrogens is 305 g/mol. The summed E-state index contributed by atoms with van der Waals surface area (Å²) in [5, 5.41) is 11.1. The first-order chi connectivity index (χ1) is 11.8. The maximum atomic E-state index is 13.0. The smallest absolute Gasteiger partial charge is 0.249 e. The number of aromatic nitrogens is 3. The molecule has 6 heteroatoms. The molecule has 2 aromatic carbocycles. The van der Waals surface area contributed by atoms with E-state index in [-0.39, 0.29) is 5.82 Å². The van der Waals surface area contributed by atoms with Crippen LogP contribution in [0.25, 0.3) is 0 Å². The third-order valence-corrected chi connectivity index (χ3v) is 4.10. The Morgan fingerprint density at radius 3 is 2.62 bits per heavy atom. The summed E-state index contributed by atoms with van der Waals surface area (Å²) in [6.45, 7) is 1.70. The number of nitrogens with one attached hydrogen (secondary N) is 1. The Kier molecular flexibility index (Phi) is 3.78. The Hall–Kier alpha value is -3.02. The molecule has 0 bridgehead atoms. The number of nitrogens with zero attached hydrogens (tertiary/aromatic N) is 4. The maximum absolute atomic E-state index is 13.0. The first kappa shape index (κ1) is 14.6. The summed E-state index contributed by atoms with van der Waals surface area (Å²) in [7, 11) is 0. The van der Waals surface area contributed by atoms with Gasteiger partial charge in [-0.2, -0.15) is 10.1 Å². The van der Waals surface area contributed by atoms with Gasteiger partial charge in [-0.25, -0.2) is 4.39 Å². The van der Waals surface area contributed by atoms with Gasteiger partial charge in [-0.3, -0.25) is 0 Å². The quantitative estimate of drug-likeness (QED) is 0.802. The average Bonchev–Trinajstić information content (AvgIpc) is 2.63. The molecule has 5 nitrogen and oxygen atoms in total. The van der Waals surface area contributed by atoms with Gasteiger partial charge in [-0.15, -0.1) is 5.10 Å². The van der Waals surface area contributed by atoms with Crippen molar-refractivity contribution in [1.29, 1.82) is 0 Å². The van der Waals surface area contributed by atoms with E-state index in [1.807, 2.05) is 0 Å². The van der Waals surface area contributed by atoms with Crippen LogP contribution < -0.4 is 10.2 Å². The summed E-state index contributed by atoms with van der Waals surface area (Å²) >= 11 is 0. The van der Waals surface area contributed by atoms with Gasteiger partial charge < -0.3 is 10.2 Å². The lowest BCUT2D eigenvalue weighted by atomic mass is 10.0. The summed E-state index contributed by atoms with van der Waals surface area (Å²) in [6.07, 6.45) is 2.66. The minimum absolute atomic E-state index is 0.277. The monoisotopic (exact) mass is 321 g/mol. The van der Waals surface area contributed by atoms with Crippen molar-refractivity contribution in [1.82, 2.24) is 15.2 Å². The van der Waals surface area contributed by atoms with E-state index in [9.17, 15) is 4.39 Å². The molecule has 1 N–H and O–H groups in total. The molecule has 0 saturated carbocycles. The fourth-order valence-corrected chi connectivity index (χ4v) is 2.85. The van der Waals surface area contributed by atoms with E-state index in [1.165, 1.54) is 23.3 Å². The van der Waals surface area contributed by atoms with Crippen molar-refractivity contribution in [2.45, 2.75) is 13.0 Å². The van der Waals surface area contributed by atoms with E-state index in [2.05, 4.69) is 49.7 Å². The number of fused-ring (bicyclic) bond motifs is 1. The lowest BCUT2D eigenvalue weighted by molar-refractivity contribution is 0.628. The third kappa shape index (κ3) is 3.03. The highest BCUT2D eigenvalue weighted by Gasteiger charge is 2.17. The van der Waals surface area contributed by atoms with E-state index in [0.717, 1.165) is 31.0 Å². The van der Waals surface area contributed by atoms with E-state index >= 15 is 0 Å². The highest BCUT2D eigenvalue weighted by atomic mass is 19.1. The van der Waals surface area contributed by atoms with Crippen LogP contribution in [0, 0.1) is 5.82 Å². The fraction of sp³-hybridized carbons (Fsp3) is 0.167. The molecule has 2 heterocycles. The number of hydrogen-bond acceptors (Lipinski definition) is 5. The lowest BCUT2D eigenvalue weighted by Gasteiger charge is -2.29. The molecule has 1 aliphatic heterocycles. The molecule has 4 rings (SSSR count). The molecule has 0 radical (unpaired) electrons. The first-order valence-corrected chi connectivity index (χ1v) is 7.82. The van der Waals surface area contributed by atoms with Gasteiger partial charge in [0.2, 0.25) is 5.95 Å². The van der Waals surface area contributed by atoms with Crippen molar-refractivity contribution in [3.05, 3.63) is 71.7 Å². The van der Waals surface area contributed by atoms with Crippen LogP contribution in [-0.2, 0) is 13.0 Å². The number of rotatable bonds is 3. The fourth-order valence-electron chi connectivity index (χ4n) is 2.85. The SMILES string of the molecule is Fc1ccc(Nc2nncc(N3CCc4ccccc4C3)n2)cc1. The molecular formula is C18H16FN5. The summed E-state index contributed by atoms with van der Waals surface area (Å²) < 4.78 is 13.0. The van der Waals surface area contributed by atoms with Gasteiger partial charge in [-0.05, 0) is 41.8 Å². The van der Waals surface area contributed by atoms with Crippen LogP contribution >= 0.6 is 0 Å². The summed E-state index contributed by atoms with van der Waals surface area (Å²) in [5.41, 5.74) is 3.43. The van der Waals surface area contributed by atoms with Gasteiger partial charge >= 0.3 is 0 Å². The summed E-state index contributed by atoms with van der Waals surface area (Å²) in [6, 6.07) is 14.5. The van der Waals surface area contributed by atoms with Crippen LogP contribution in [0.1, 0.15) is 11.1 Å². The minimum Gasteiger partial charge on any atom is -0.350 e. The highest BCUT2D eigenvalue weighted by molar-refractivity contribution is 5.54. The van der Waals surface area contributed by atoms with Gasteiger partial charge in [0.05, 0.1) is 6.20 Å². The summed E-state index contributed by atoms with van der Waals surface area (Å²) in [5.74, 6) is 0.905. The predicted molar refractivity (Wildman–Crippen MR) is 90.7 cm³/mol. The molecule has 1 aliphatic rings. The topological polar surface area (TPSA) is 53.9 Å². The lowest BCUT2D eigenvalue weighted by Crippen LogP contribution is -2.31. The van der Waals surface area contributed by atoms with Crippen molar-refractivity contribution in [3.63, 3.8) is 0 Å². The molecule has 24 heavy (non-hydrogen) atoms. The second kappa shape index (κ2) is 6.23. The Morgan fingerprint density at radius 1 is 1.00 bits per heavy atom. The first-order valence-electron chi connectivity index (χ1n) is 7.82. The Labute approximate surface area is 139 Å². The van der Waals surface area contributed by atoms with E-state index in [4.69, 9.17) is 0 Å². The molecule has 0 unspecified atom stereocenters. The number of anilines is 3.